The third-order valence-corrected chi connectivity index (χ3v) is 4.53. The van der Waals surface area contributed by atoms with E-state index in [9.17, 15) is 14.0 Å². The number of amides is 2. The number of aliphatic imine (C=N–C) groups is 1. The minimum absolute atomic E-state index is 0.0175. The molecule has 1 aromatic rings. The van der Waals surface area contributed by atoms with Crippen LogP contribution in [-0.4, -0.2) is 99.9 Å². The summed E-state index contributed by atoms with van der Waals surface area (Å²) in [6.45, 7) is 2.94. The summed E-state index contributed by atoms with van der Waals surface area (Å²) in [4.78, 5) is 35.4. The molecule has 28 heavy (non-hydrogen) atoms. The Morgan fingerprint density at radius 3 is 2.11 bits per heavy atom. The Balaban J connectivity index is 2.02. The van der Waals surface area contributed by atoms with Crippen LogP contribution in [0.3, 0.4) is 0 Å². The maximum atomic E-state index is 13.1. The van der Waals surface area contributed by atoms with Gasteiger partial charge in [-0.25, -0.2) is 9.38 Å². The van der Waals surface area contributed by atoms with Crippen molar-refractivity contribution < 1.29 is 14.0 Å². The van der Waals surface area contributed by atoms with Crippen molar-refractivity contribution >= 4 is 23.5 Å². The van der Waals surface area contributed by atoms with Crippen LogP contribution >= 0.6 is 0 Å². The van der Waals surface area contributed by atoms with E-state index >= 15 is 0 Å². The van der Waals surface area contributed by atoms with Crippen LogP contribution in [0.5, 0.6) is 0 Å². The molecular weight excluding hydrogens is 363 g/mol. The molecule has 1 aromatic carbocycles. The first-order valence-electron chi connectivity index (χ1n) is 9.22. The van der Waals surface area contributed by atoms with Crippen molar-refractivity contribution in [3.8, 4) is 0 Å². The molecule has 0 saturated carbocycles. The molecular formula is C19H29FN6O2. The maximum absolute atomic E-state index is 13.1. The number of benzene rings is 1. The van der Waals surface area contributed by atoms with Gasteiger partial charge in [-0.1, -0.05) is 0 Å². The zero-order valence-corrected chi connectivity index (χ0v) is 17.0. The monoisotopic (exact) mass is 392 g/mol. The Morgan fingerprint density at radius 1 is 1.00 bits per heavy atom. The Hall–Kier alpha value is -2.84. The Bertz CT molecular complexity index is 697. The number of rotatable bonds is 5. The van der Waals surface area contributed by atoms with Crippen molar-refractivity contribution in [1.82, 2.24) is 20.0 Å². The molecule has 0 atom stereocenters. The molecule has 1 saturated heterocycles. The van der Waals surface area contributed by atoms with Gasteiger partial charge in [-0.05, 0) is 24.3 Å². The zero-order valence-electron chi connectivity index (χ0n) is 17.0. The highest BCUT2D eigenvalue weighted by atomic mass is 19.1. The van der Waals surface area contributed by atoms with Crippen LogP contribution in [0.25, 0.3) is 0 Å². The standard InChI is InChI=1S/C19H29FN6O2/c1-23(2)17(27)13-21-19(22-14-18(28)24(3)4)26-11-9-25(10-12-26)16-7-5-15(20)6-8-16/h5-8H,9-14H2,1-4H3,(H,21,22). The van der Waals surface area contributed by atoms with Gasteiger partial charge in [-0.15, -0.1) is 0 Å². The summed E-state index contributed by atoms with van der Waals surface area (Å²) in [5, 5.41) is 3.07. The van der Waals surface area contributed by atoms with E-state index in [1.54, 1.807) is 40.3 Å². The fourth-order valence-corrected chi connectivity index (χ4v) is 2.69. The highest BCUT2D eigenvalue weighted by Crippen LogP contribution is 2.17. The summed E-state index contributed by atoms with van der Waals surface area (Å²) >= 11 is 0. The Labute approximate surface area is 165 Å². The molecule has 2 amide bonds. The van der Waals surface area contributed by atoms with Gasteiger partial charge in [0.2, 0.25) is 11.8 Å². The molecule has 154 valence electrons. The number of piperazine rings is 1. The van der Waals surface area contributed by atoms with Gasteiger partial charge in [0.1, 0.15) is 12.4 Å². The number of nitrogens with zero attached hydrogens (tertiary/aromatic N) is 5. The topological polar surface area (TPSA) is 71.5 Å². The molecule has 0 bridgehead atoms. The second-order valence-corrected chi connectivity index (χ2v) is 7.02. The number of anilines is 1. The van der Waals surface area contributed by atoms with Crippen molar-refractivity contribution in [2.24, 2.45) is 4.99 Å². The Morgan fingerprint density at radius 2 is 1.57 bits per heavy atom. The first-order valence-corrected chi connectivity index (χ1v) is 9.22. The fraction of sp³-hybridized carbons (Fsp3) is 0.526. The lowest BCUT2D eigenvalue weighted by molar-refractivity contribution is -0.127. The Kier molecular flexibility index (Phi) is 7.60. The van der Waals surface area contributed by atoms with E-state index in [1.165, 1.54) is 21.9 Å². The summed E-state index contributed by atoms with van der Waals surface area (Å²) in [7, 11) is 6.75. The predicted octanol–water partition coefficient (Wildman–Crippen LogP) is 0.0697. The van der Waals surface area contributed by atoms with Gasteiger partial charge in [0.15, 0.2) is 5.96 Å². The molecule has 0 aliphatic carbocycles. The highest BCUT2D eigenvalue weighted by molar-refractivity contribution is 5.88. The summed E-state index contributed by atoms with van der Waals surface area (Å²) in [5.41, 5.74) is 0.970. The fourth-order valence-electron chi connectivity index (χ4n) is 2.69. The van der Waals surface area contributed by atoms with Crippen molar-refractivity contribution in [2.45, 2.75) is 0 Å². The quantitative estimate of drug-likeness (QED) is 0.567. The minimum Gasteiger partial charge on any atom is -0.368 e. The van der Waals surface area contributed by atoms with Crippen LogP contribution in [-0.2, 0) is 9.59 Å². The van der Waals surface area contributed by atoms with Crippen LogP contribution in [0.4, 0.5) is 10.1 Å². The molecule has 0 radical (unpaired) electrons. The van der Waals surface area contributed by atoms with E-state index in [4.69, 9.17) is 0 Å². The van der Waals surface area contributed by atoms with Gasteiger partial charge >= 0.3 is 0 Å². The molecule has 9 heteroatoms. The average Bonchev–Trinajstić information content (AvgIpc) is 2.68. The summed E-state index contributed by atoms with van der Waals surface area (Å²) < 4.78 is 13.1. The van der Waals surface area contributed by atoms with Crippen LogP contribution in [0.15, 0.2) is 29.3 Å². The van der Waals surface area contributed by atoms with E-state index < -0.39 is 0 Å². The minimum atomic E-state index is -0.253. The van der Waals surface area contributed by atoms with E-state index in [0.717, 1.165) is 18.8 Å². The number of likely N-dealkylation sites (N-methyl/N-ethyl adjacent to an activating group) is 2. The lowest BCUT2D eigenvalue weighted by Gasteiger charge is -2.37. The molecule has 1 N–H and O–H groups in total. The number of guanidine groups is 1. The van der Waals surface area contributed by atoms with Crippen LogP contribution < -0.4 is 10.2 Å². The summed E-state index contributed by atoms with van der Waals surface area (Å²) in [6, 6.07) is 6.44. The van der Waals surface area contributed by atoms with Gasteiger partial charge in [0.05, 0.1) is 6.54 Å². The predicted molar refractivity (Wildman–Crippen MR) is 108 cm³/mol. The number of hydrogen-bond acceptors (Lipinski definition) is 4. The number of carbonyl (C=O) groups is 2. The normalized spacial score (nSPS) is 14.7. The molecule has 0 unspecified atom stereocenters. The largest absolute Gasteiger partial charge is 0.368 e. The third kappa shape index (κ3) is 6.11. The summed E-state index contributed by atoms with van der Waals surface area (Å²) in [5.74, 6) is 0.112. The molecule has 0 aromatic heterocycles. The number of halogens is 1. The molecule has 0 spiro atoms. The second kappa shape index (κ2) is 9.91. The first-order chi connectivity index (χ1) is 13.3. The average molecular weight is 392 g/mol. The zero-order chi connectivity index (χ0) is 20.7. The smallest absolute Gasteiger partial charge is 0.243 e. The van der Waals surface area contributed by atoms with Crippen molar-refractivity contribution in [3.05, 3.63) is 30.1 Å². The molecule has 8 nitrogen and oxygen atoms in total. The van der Waals surface area contributed by atoms with E-state index in [-0.39, 0.29) is 30.7 Å². The maximum Gasteiger partial charge on any atom is 0.243 e. The molecule has 1 heterocycles. The van der Waals surface area contributed by atoms with Gasteiger partial charge in [-0.3, -0.25) is 9.59 Å². The van der Waals surface area contributed by atoms with E-state index in [2.05, 4.69) is 15.2 Å². The molecule has 1 fully saturated rings. The SMILES string of the molecule is CN(C)C(=O)CN=C(NCC(=O)N(C)C)N1CCN(c2ccc(F)cc2)CC1. The van der Waals surface area contributed by atoms with E-state index in [1.807, 2.05) is 4.90 Å². The van der Waals surface area contributed by atoms with Gasteiger partial charge in [-0.2, -0.15) is 0 Å². The lowest BCUT2D eigenvalue weighted by Crippen LogP contribution is -2.54. The van der Waals surface area contributed by atoms with Gasteiger partial charge < -0.3 is 24.9 Å². The van der Waals surface area contributed by atoms with Crippen molar-refractivity contribution in [1.29, 1.82) is 0 Å². The van der Waals surface area contributed by atoms with Gasteiger partial charge in [0.25, 0.3) is 0 Å². The van der Waals surface area contributed by atoms with Crippen LogP contribution in [0.2, 0.25) is 0 Å². The highest BCUT2D eigenvalue weighted by Gasteiger charge is 2.21. The number of nitrogens with one attached hydrogen (secondary N) is 1. The molecule has 1 aliphatic heterocycles. The van der Waals surface area contributed by atoms with Crippen molar-refractivity contribution in [3.63, 3.8) is 0 Å². The first kappa shape index (κ1) is 21.5. The second-order valence-electron chi connectivity index (χ2n) is 7.02. The molecule has 2 rings (SSSR count). The van der Waals surface area contributed by atoms with Crippen LogP contribution in [0.1, 0.15) is 0 Å². The van der Waals surface area contributed by atoms with E-state index in [0.29, 0.717) is 19.0 Å². The number of carbonyl (C=O) groups excluding carboxylic acids is 2. The van der Waals surface area contributed by atoms with Gasteiger partial charge in [0, 0.05) is 60.1 Å². The van der Waals surface area contributed by atoms with Crippen molar-refractivity contribution in [2.75, 3.05) is 72.4 Å². The molecule has 1 aliphatic rings. The number of hydrogen-bond donors (Lipinski definition) is 1. The lowest BCUT2D eigenvalue weighted by atomic mass is 10.2. The van der Waals surface area contributed by atoms with Crippen LogP contribution in [0, 0.1) is 5.82 Å². The summed E-state index contributed by atoms with van der Waals surface area (Å²) in [6.07, 6.45) is 0. The third-order valence-electron chi connectivity index (χ3n) is 4.53.